The Hall–Kier alpha value is -1.55. The quantitative estimate of drug-likeness (QED) is 0.872. The van der Waals surface area contributed by atoms with Crippen molar-refractivity contribution in [1.29, 1.82) is 0 Å². The topological polar surface area (TPSA) is 55.6 Å². The van der Waals surface area contributed by atoms with Gasteiger partial charge >= 0.3 is 6.09 Å². The highest BCUT2D eigenvalue weighted by molar-refractivity contribution is 5.67. The van der Waals surface area contributed by atoms with Crippen LogP contribution in [-0.4, -0.2) is 29.6 Å². The van der Waals surface area contributed by atoms with E-state index in [2.05, 4.69) is 0 Å². The number of amides is 1. The predicted molar refractivity (Wildman–Crippen MR) is 70.0 cm³/mol. The lowest BCUT2D eigenvalue weighted by atomic mass is 9.91. The van der Waals surface area contributed by atoms with Gasteiger partial charge in [0.15, 0.2) is 0 Å². The van der Waals surface area contributed by atoms with Gasteiger partial charge in [0.2, 0.25) is 0 Å². The molecule has 4 nitrogen and oxygen atoms in total. The second kappa shape index (κ2) is 5.40. The first-order valence-electron chi connectivity index (χ1n) is 6.31. The van der Waals surface area contributed by atoms with Gasteiger partial charge in [-0.1, -0.05) is 30.3 Å². The number of piperidine rings is 1. The molecular formula is C14H20N2O2. The van der Waals surface area contributed by atoms with Crippen molar-refractivity contribution in [3.05, 3.63) is 35.9 Å². The van der Waals surface area contributed by atoms with Crippen molar-refractivity contribution < 1.29 is 9.53 Å². The summed E-state index contributed by atoms with van der Waals surface area (Å²) in [4.78, 5) is 13.6. The number of carbonyl (C=O) groups excluding carboxylic acids is 1. The SMILES string of the molecule is CC1(N)CCN(C(=O)OCc2ccccc2)CC1. The molecule has 1 amide bonds. The Morgan fingerprint density at radius 2 is 1.94 bits per heavy atom. The van der Waals surface area contributed by atoms with Crippen molar-refractivity contribution in [2.45, 2.75) is 31.9 Å². The molecule has 1 heterocycles. The van der Waals surface area contributed by atoms with Gasteiger partial charge in [-0.25, -0.2) is 4.79 Å². The maximum atomic E-state index is 11.8. The van der Waals surface area contributed by atoms with Crippen LogP contribution in [0, 0.1) is 0 Å². The maximum absolute atomic E-state index is 11.8. The lowest BCUT2D eigenvalue weighted by Gasteiger charge is -2.36. The molecule has 1 aromatic rings. The van der Waals surface area contributed by atoms with Crippen LogP contribution in [0.25, 0.3) is 0 Å². The lowest BCUT2D eigenvalue weighted by molar-refractivity contribution is 0.0803. The Bertz CT molecular complexity index is 394. The summed E-state index contributed by atoms with van der Waals surface area (Å²) < 4.78 is 5.28. The van der Waals surface area contributed by atoms with E-state index in [-0.39, 0.29) is 11.6 Å². The molecule has 1 aliphatic heterocycles. The van der Waals surface area contributed by atoms with E-state index in [1.165, 1.54) is 0 Å². The molecule has 2 N–H and O–H groups in total. The number of nitrogens with two attached hydrogens (primary N) is 1. The zero-order chi connectivity index (χ0) is 13.0. The van der Waals surface area contributed by atoms with Crippen molar-refractivity contribution in [3.63, 3.8) is 0 Å². The van der Waals surface area contributed by atoms with Gasteiger partial charge in [-0.05, 0) is 25.3 Å². The number of ether oxygens (including phenoxy) is 1. The highest BCUT2D eigenvalue weighted by Gasteiger charge is 2.28. The fourth-order valence-electron chi connectivity index (χ4n) is 2.01. The number of benzene rings is 1. The second-order valence-corrected chi connectivity index (χ2v) is 5.18. The number of nitrogens with zero attached hydrogens (tertiary/aromatic N) is 1. The van der Waals surface area contributed by atoms with E-state index in [0.29, 0.717) is 19.7 Å². The van der Waals surface area contributed by atoms with Gasteiger partial charge in [0, 0.05) is 18.6 Å². The van der Waals surface area contributed by atoms with Gasteiger partial charge < -0.3 is 15.4 Å². The summed E-state index contributed by atoms with van der Waals surface area (Å²) in [6, 6.07) is 9.70. The fourth-order valence-corrected chi connectivity index (χ4v) is 2.01. The van der Waals surface area contributed by atoms with Gasteiger partial charge in [-0.15, -0.1) is 0 Å². The smallest absolute Gasteiger partial charge is 0.410 e. The highest BCUT2D eigenvalue weighted by Crippen LogP contribution is 2.19. The van der Waals surface area contributed by atoms with Crippen molar-refractivity contribution >= 4 is 6.09 Å². The first-order valence-corrected chi connectivity index (χ1v) is 6.31. The summed E-state index contributed by atoms with van der Waals surface area (Å²) in [5.74, 6) is 0. The van der Waals surface area contributed by atoms with Crippen LogP contribution in [0.4, 0.5) is 4.79 Å². The summed E-state index contributed by atoms with van der Waals surface area (Å²) >= 11 is 0. The summed E-state index contributed by atoms with van der Waals surface area (Å²) in [7, 11) is 0. The van der Waals surface area contributed by atoms with Crippen molar-refractivity contribution in [2.24, 2.45) is 5.73 Å². The molecule has 0 atom stereocenters. The molecule has 1 aliphatic rings. The molecule has 0 spiro atoms. The Labute approximate surface area is 108 Å². The molecule has 18 heavy (non-hydrogen) atoms. The van der Waals surface area contributed by atoms with E-state index < -0.39 is 0 Å². The van der Waals surface area contributed by atoms with Crippen LogP contribution in [0.1, 0.15) is 25.3 Å². The van der Waals surface area contributed by atoms with Crippen molar-refractivity contribution in [2.75, 3.05) is 13.1 Å². The minimum absolute atomic E-state index is 0.143. The predicted octanol–water partition coefficient (Wildman–Crippen LogP) is 2.14. The third-order valence-corrected chi connectivity index (χ3v) is 3.37. The Kier molecular flexibility index (Phi) is 3.87. The Morgan fingerprint density at radius 3 is 2.56 bits per heavy atom. The Morgan fingerprint density at radius 1 is 1.33 bits per heavy atom. The lowest BCUT2D eigenvalue weighted by Crippen LogP contribution is -2.49. The number of rotatable bonds is 2. The average Bonchev–Trinajstić information content (AvgIpc) is 2.37. The molecule has 0 unspecified atom stereocenters. The van der Waals surface area contributed by atoms with Crippen LogP contribution in [0.5, 0.6) is 0 Å². The van der Waals surface area contributed by atoms with Crippen LogP contribution in [0.3, 0.4) is 0 Å². The fraction of sp³-hybridized carbons (Fsp3) is 0.500. The zero-order valence-corrected chi connectivity index (χ0v) is 10.8. The van der Waals surface area contributed by atoms with E-state index >= 15 is 0 Å². The van der Waals surface area contributed by atoms with Crippen molar-refractivity contribution in [3.8, 4) is 0 Å². The molecule has 0 aromatic heterocycles. The standard InChI is InChI=1S/C14H20N2O2/c1-14(15)7-9-16(10-8-14)13(17)18-11-12-5-3-2-4-6-12/h2-6H,7-11,15H2,1H3. The molecule has 2 rings (SSSR count). The second-order valence-electron chi connectivity index (χ2n) is 5.18. The zero-order valence-electron chi connectivity index (χ0n) is 10.8. The van der Waals surface area contributed by atoms with E-state index in [0.717, 1.165) is 18.4 Å². The van der Waals surface area contributed by atoms with E-state index in [9.17, 15) is 4.79 Å². The summed E-state index contributed by atoms with van der Waals surface area (Å²) in [5, 5.41) is 0. The van der Waals surface area contributed by atoms with Crippen LogP contribution in [-0.2, 0) is 11.3 Å². The van der Waals surface area contributed by atoms with Gasteiger partial charge in [0.1, 0.15) is 6.61 Å². The highest BCUT2D eigenvalue weighted by atomic mass is 16.6. The van der Waals surface area contributed by atoms with Crippen molar-refractivity contribution in [1.82, 2.24) is 4.90 Å². The van der Waals surface area contributed by atoms with Crippen LogP contribution in [0.2, 0.25) is 0 Å². The van der Waals surface area contributed by atoms with Gasteiger partial charge in [-0.2, -0.15) is 0 Å². The first kappa shape index (κ1) is 12.9. The number of carbonyl (C=O) groups is 1. The molecule has 0 bridgehead atoms. The molecule has 1 fully saturated rings. The molecular weight excluding hydrogens is 228 g/mol. The average molecular weight is 248 g/mol. The van der Waals surface area contributed by atoms with Gasteiger partial charge in [0.25, 0.3) is 0 Å². The maximum Gasteiger partial charge on any atom is 0.410 e. The molecule has 0 saturated carbocycles. The van der Waals surface area contributed by atoms with Crippen LogP contribution in [0.15, 0.2) is 30.3 Å². The normalized spacial score (nSPS) is 18.4. The third kappa shape index (κ3) is 3.47. The minimum atomic E-state index is -0.241. The monoisotopic (exact) mass is 248 g/mol. The van der Waals surface area contributed by atoms with E-state index in [1.54, 1.807) is 4.90 Å². The molecule has 1 saturated heterocycles. The molecule has 0 aliphatic carbocycles. The van der Waals surface area contributed by atoms with E-state index in [4.69, 9.17) is 10.5 Å². The summed E-state index contributed by atoms with van der Waals surface area (Å²) in [6.45, 7) is 3.72. The number of hydrogen-bond donors (Lipinski definition) is 1. The summed E-state index contributed by atoms with van der Waals surface area (Å²) in [5.41, 5.74) is 6.89. The number of likely N-dealkylation sites (tertiary alicyclic amines) is 1. The molecule has 98 valence electrons. The summed E-state index contributed by atoms with van der Waals surface area (Å²) in [6.07, 6.45) is 1.41. The molecule has 0 radical (unpaired) electrons. The van der Waals surface area contributed by atoms with Crippen LogP contribution >= 0.6 is 0 Å². The number of hydrogen-bond acceptors (Lipinski definition) is 3. The van der Waals surface area contributed by atoms with Gasteiger partial charge in [-0.3, -0.25) is 0 Å². The first-order chi connectivity index (χ1) is 8.57. The largest absolute Gasteiger partial charge is 0.445 e. The minimum Gasteiger partial charge on any atom is -0.445 e. The van der Waals surface area contributed by atoms with Crippen LogP contribution < -0.4 is 5.73 Å². The molecule has 4 heteroatoms. The Balaban J connectivity index is 1.79. The third-order valence-electron chi connectivity index (χ3n) is 3.37. The van der Waals surface area contributed by atoms with E-state index in [1.807, 2.05) is 37.3 Å². The molecule has 1 aromatic carbocycles. The van der Waals surface area contributed by atoms with Gasteiger partial charge in [0.05, 0.1) is 0 Å².